The van der Waals surface area contributed by atoms with E-state index in [4.69, 9.17) is 4.98 Å². The molecule has 1 amide bonds. The maximum Gasteiger partial charge on any atom is 0.254 e. The monoisotopic (exact) mass is 599 g/mol. The molecule has 44 heavy (non-hydrogen) atoms. The van der Waals surface area contributed by atoms with Gasteiger partial charge in [0.1, 0.15) is 11.6 Å². The Kier molecular flexibility index (Phi) is 8.27. The minimum absolute atomic E-state index is 0.00994. The fraction of sp³-hybridized carbons (Fsp3) is 0.568. The normalized spacial score (nSPS) is 18.2. The fourth-order valence-corrected chi connectivity index (χ4v) is 8.29. The Morgan fingerprint density at radius 2 is 1.80 bits per heavy atom. The molecule has 7 heteroatoms. The van der Waals surface area contributed by atoms with Crippen LogP contribution in [0.5, 0.6) is 0 Å². The van der Waals surface area contributed by atoms with Crippen LogP contribution >= 0.6 is 0 Å². The van der Waals surface area contributed by atoms with Crippen LogP contribution in [0.1, 0.15) is 125 Å². The highest BCUT2D eigenvalue weighted by Gasteiger charge is 2.39. The molecule has 1 fully saturated rings. The van der Waals surface area contributed by atoms with Gasteiger partial charge in [-0.15, -0.1) is 0 Å². The molecule has 6 nitrogen and oxygen atoms in total. The molecule has 6 rings (SSSR count). The second kappa shape index (κ2) is 11.9. The minimum Gasteiger partial charge on any atom is -0.338 e. The second-order valence-corrected chi connectivity index (χ2v) is 13.4. The third-order valence-corrected chi connectivity index (χ3v) is 10.7. The van der Waals surface area contributed by atoms with Crippen molar-refractivity contribution in [3.63, 3.8) is 0 Å². The quantitative estimate of drug-likeness (QED) is 0.180. The van der Waals surface area contributed by atoms with Crippen LogP contribution in [0.3, 0.4) is 0 Å². The van der Waals surface area contributed by atoms with E-state index >= 15 is 4.39 Å². The summed E-state index contributed by atoms with van der Waals surface area (Å²) in [5, 5.41) is 0.957. The van der Waals surface area contributed by atoms with Crippen LogP contribution in [0.25, 0.3) is 22.3 Å². The summed E-state index contributed by atoms with van der Waals surface area (Å²) >= 11 is 0. The molecular formula is C37H46FN3O3. The third kappa shape index (κ3) is 4.91. The van der Waals surface area contributed by atoms with E-state index in [1.54, 1.807) is 17.6 Å². The maximum absolute atomic E-state index is 15.5. The van der Waals surface area contributed by atoms with Gasteiger partial charge < -0.3 is 9.47 Å². The van der Waals surface area contributed by atoms with Crippen LogP contribution in [0.15, 0.2) is 16.9 Å². The number of hydrogen-bond donors (Lipinski definition) is 0. The van der Waals surface area contributed by atoms with E-state index in [-0.39, 0.29) is 40.9 Å². The van der Waals surface area contributed by atoms with Gasteiger partial charge >= 0.3 is 0 Å². The van der Waals surface area contributed by atoms with Crippen LogP contribution in [0, 0.1) is 17.7 Å². The molecule has 0 bridgehead atoms. The Balaban J connectivity index is 1.57. The van der Waals surface area contributed by atoms with Crippen LogP contribution in [0.4, 0.5) is 4.39 Å². The number of pyridine rings is 2. The van der Waals surface area contributed by atoms with Crippen LogP contribution in [-0.4, -0.2) is 33.2 Å². The van der Waals surface area contributed by atoms with Crippen molar-refractivity contribution in [1.82, 2.24) is 14.5 Å². The molecular weight excluding hydrogens is 553 g/mol. The van der Waals surface area contributed by atoms with E-state index in [1.807, 2.05) is 38.8 Å². The van der Waals surface area contributed by atoms with Crippen molar-refractivity contribution in [1.29, 1.82) is 0 Å². The summed E-state index contributed by atoms with van der Waals surface area (Å²) in [5.41, 5.74) is 7.02. The van der Waals surface area contributed by atoms with E-state index < -0.39 is 0 Å². The summed E-state index contributed by atoms with van der Waals surface area (Å²) in [6, 6.07) is 3.36. The standard InChI is InChI=1S/C37H46FN3O3/c1-7-11-22(16-21-12-13-21)36(43)40(6)31-15-14-26-24(9-3)29(38)18-30-33(26)34(31)28-19-41-32(35(28)39-30)17-27(23(8-2)20(5)42)25(10-4)37(41)44/h17-18,21-23,31H,7-16,19H2,1-6H3. The molecule has 0 radical (unpaired) electrons. The molecule has 3 heterocycles. The Labute approximate surface area is 260 Å². The summed E-state index contributed by atoms with van der Waals surface area (Å²) in [7, 11) is 1.94. The molecule has 3 unspecified atom stereocenters. The average molecular weight is 600 g/mol. The molecule has 0 saturated heterocycles. The molecule has 2 aliphatic carbocycles. The Morgan fingerprint density at radius 1 is 1.07 bits per heavy atom. The summed E-state index contributed by atoms with van der Waals surface area (Å²) in [5.74, 6) is 0.297. The summed E-state index contributed by atoms with van der Waals surface area (Å²) in [6.45, 7) is 10.0. The molecule has 1 aromatic carbocycles. The Morgan fingerprint density at radius 3 is 2.41 bits per heavy atom. The number of hydrogen-bond acceptors (Lipinski definition) is 4. The van der Waals surface area contributed by atoms with Gasteiger partial charge in [-0.2, -0.15) is 0 Å². The van der Waals surface area contributed by atoms with Gasteiger partial charge in [-0.25, -0.2) is 9.37 Å². The van der Waals surface area contributed by atoms with Crippen molar-refractivity contribution in [3.05, 3.63) is 61.7 Å². The number of fused-ring (bicyclic) bond motifs is 4. The first-order valence-electron chi connectivity index (χ1n) is 16.9. The lowest BCUT2D eigenvalue weighted by Gasteiger charge is -2.37. The van der Waals surface area contributed by atoms with Crippen molar-refractivity contribution < 1.29 is 14.0 Å². The fourth-order valence-electron chi connectivity index (χ4n) is 8.29. The van der Waals surface area contributed by atoms with Crippen molar-refractivity contribution in [3.8, 4) is 11.4 Å². The first kappa shape index (κ1) is 30.7. The lowest BCUT2D eigenvalue weighted by Crippen LogP contribution is -2.38. The molecule has 1 saturated carbocycles. The zero-order chi connectivity index (χ0) is 31.4. The van der Waals surface area contributed by atoms with Gasteiger partial charge in [0.25, 0.3) is 5.56 Å². The number of rotatable bonds is 11. The van der Waals surface area contributed by atoms with Gasteiger partial charge in [0.05, 0.1) is 29.5 Å². The van der Waals surface area contributed by atoms with Gasteiger partial charge in [-0.05, 0) is 86.1 Å². The van der Waals surface area contributed by atoms with Crippen molar-refractivity contribution in [2.45, 2.75) is 117 Å². The van der Waals surface area contributed by atoms with E-state index in [0.717, 1.165) is 52.5 Å². The van der Waals surface area contributed by atoms with Gasteiger partial charge in [-0.1, -0.05) is 47.0 Å². The van der Waals surface area contributed by atoms with Crippen LogP contribution in [0.2, 0.25) is 0 Å². The molecule has 3 aromatic rings. The molecule has 0 N–H and O–H groups in total. The highest BCUT2D eigenvalue weighted by atomic mass is 19.1. The van der Waals surface area contributed by atoms with E-state index in [0.29, 0.717) is 67.0 Å². The van der Waals surface area contributed by atoms with Crippen LogP contribution in [-0.2, 0) is 35.4 Å². The molecule has 3 aliphatic rings. The van der Waals surface area contributed by atoms with Gasteiger partial charge in [-0.3, -0.25) is 14.4 Å². The van der Waals surface area contributed by atoms with Gasteiger partial charge in [0.2, 0.25) is 5.91 Å². The number of nitrogens with zero attached hydrogens (tertiary/aromatic N) is 3. The second-order valence-electron chi connectivity index (χ2n) is 13.4. The molecule has 2 aromatic heterocycles. The number of Topliss-reactive ketones (excluding diaryl/α,β-unsaturated/α-hetero) is 1. The van der Waals surface area contributed by atoms with E-state index in [2.05, 4.69) is 6.92 Å². The lowest BCUT2D eigenvalue weighted by atomic mass is 9.80. The first-order chi connectivity index (χ1) is 21.1. The number of carbonyl (C=O) groups is 2. The number of carbonyl (C=O) groups excluding carboxylic acids is 2. The Hall–Kier alpha value is -3.35. The number of aryl methyl sites for hydroxylation is 1. The number of benzene rings is 1. The average Bonchev–Trinajstić information content (AvgIpc) is 3.75. The van der Waals surface area contributed by atoms with E-state index in [9.17, 15) is 14.4 Å². The molecule has 1 aliphatic heterocycles. The summed E-state index contributed by atoms with van der Waals surface area (Å²) in [6.07, 6.45) is 8.36. The SMILES string of the molecule is CCCC(CC1CC1)C(=O)N(C)C1CCc2c(CC)c(F)cc3nc4c(c1c23)Cn1c-4cc(C(CC)C(C)=O)c(CC)c1=O. The Bertz CT molecular complexity index is 1720. The first-order valence-corrected chi connectivity index (χ1v) is 16.9. The van der Waals surface area contributed by atoms with Crippen LogP contribution < -0.4 is 5.56 Å². The summed E-state index contributed by atoms with van der Waals surface area (Å²) in [4.78, 5) is 47.9. The van der Waals surface area contributed by atoms with Crippen molar-refractivity contribution >= 4 is 22.6 Å². The number of amides is 1. The van der Waals surface area contributed by atoms with Crippen molar-refractivity contribution in [2.75, 3.05) is 7.05 Å². The third-order valence-electron chi connectivity index (χ3n) is 10.7. The number of aromatic nitrogens is 2. The number of halogens is 1. The van der Waals surface area contributed by atoms with Gasteiger partial charge in [0.15, 0.2) is 0 Å². The molecule has 234 valence electrons. The van der Waals surface area contributed by atoms with Gasteiger partial charge in [0, 0.05) is 41.5 Å². The highest BCUT2D eigenvalue weighted by molar-refractivity contribution is 5.94. The maximum atomic E-state index is 15.5. The largest absolute Gasteiger partial charge is 0.338 e. The number of ketones is 1. The lowest BCUT2D eigenvalue weighted by molar-refractivity contribution is -0.137. The smallest absolute Gasteiger partial charge is 0.254 e. The molecule has 0 spiro atoms. The predicted molar refractivity (Wildman–Crippen MR) is 173 cm³/mol. The minimum atomic E-state index is -0.360. The molecule has 3 atom stereocenters. The highest BCUT2D eigenvalue weighted by Crippen LogP contribution is 2.47. The van der Waals surface area contributed by atoms with E-state index in [1.165, 1.54) is 12.8 Å². The zero-order valence-corrected chi connectivity index (χ0v) is 27.2. The zero-order valence-electron chi connectivity index (χ0n) is 27.2. The van der Waals surface area contributed by atoms with Crippen molar-refractivity contribution in [2.24, 2.45) is 11.8 Å². The predicted octanol–water partition coefficient (Wildman–Crippen LogP) is 7.43. The topological polar surface area (TPSA) is 72.3 Å². The summed E-state index contributed by atoms with van der Waals surface area (Å²) < 4.78 is 17.3.